The van der Waals surface area contributed by atoms with E-state index in [0.717, 1.165) is 10.6 Å². The Balaban J connectivity index is 2.00. The highest BCUT2D eigenvalue weighted by Crippen LogP contribution is 2.21. The number of benzene rings is 1. The molecule has 2 rings (SSSR count). The van der Waals surface area contributed by atoms with Gasteiger partial charge in [0.05, 0.1) is 0 Å². The van der Waals surface area contributed by atoms with E-state index in [1.165, 1.54) is 0 Å². The van der Waals surface area contributed by atoms with Gasteiger partial charge in [-0.1, -0.05) is 24.3 Å². The Morgan fingerprint density at radius 3 is 2.56 bits per heavy atom. The molecule has 1 N–H and O–H groups in total. The third kappa shape index (κ3) is 2.62. The first kappa shape index (κ1) is 11.2. The maximum absolute atomic E-state index is 10.0. The monoisotopic (exact) mass is 233 g/mol. The number of nitrogens with zero attached hydrogens (tertiary/aromatic N) is 1. The number of aliphatic hydroxyl groups is 1. The SMILES string of the molecule is CN(CC(O)c1cccs1)c1ccccc1. The number of hydrogen-bond acceptors (Lipinski definition) is 3. The van der Waals surface area contributed by atoms with Crippen molar-refractivity contribution in [3.8, 4) is 0 Å². The average molecular weight is 233 g/mol. The molecular weight excluding hydrogens is 218 g/mol. The van der Waals surface area contributed by atoms with E-state index in [9.17, 15) is 5.11 Å². The number of likely N-dealkylation sites (N-methyl/N-ethyl adjacent to an activating group) is 1. The van der Waals surface area contributed by atoms with Crippen molar-refractivity contribution in [3.63, 3.8) is 0 Å². The molecule has 1 aromatic carbocycles. The maximum atomic E-state index is 10.0. The molecular formula is C13H15NOS. The highest BCUT2D eigenvalue weighted by Gasteiger charge is 2.11. The molecule has 2 aromatic rings. The van der Waals surface area contributed by atoms with Gasteiger partial charge in [-0.3, -0.25) is 0 Å². The third-order valence-corrected chi connectivity index (χ3v) is 3.49. The average Bonchev–Trinajstić information content (AvgIpc) is 2.83. The van der Waals surface area contributed by atoms with Gasteiger partial charge in [0.25, 0.3) is 0 Å². The van der Waals surface area contributed by atoms with Gasteiger partial charge in [0, 0.05) is 24.2 Å². The van der Waals surface area contributed by atoms with Crippen LogP contribution in [0.1, 0.15) is 11.0 Å². The summed E-state index contributed by atoms with van der Waals surface area (Å²) in [6, 6.07) is 14.0. The van der Waals surface area contributed by atoms with Crippen LogP contribution in [-0.2, 0) is 0 Å². The summed E-state index contributed by atoms with van der Waals surface area (Å²) in [4.78, 5) is 3.08. The fourth-order valence-corrected chi connectivity index (χ4v) is 2.32. The zero-order chi connectivity index (χ0) is 11.4. The molecule has 1 aromatic heterocycles. The fourth-order valence-electron chi connectivity index (χ4n) is 1.62. The number of anilines is 1. The largest absolute Gasteiger partial charge is 0.386 e. The van der Waals surface area contributed by atoms with Gasteiger partial charge in [-0.2, -0.15) is 0 Å². The Morgan fingerprint density at radius 1 is 1.19 bits per heavy atom. The van der Waals surface area contributed by atoms with Crippen molar-refractivity contribution in [2.24, 2.45) is 0 Å². The minimum Gasteiger partial charge on any atom is -0.386 e. The minimum atomic E-state index is -0.412. The lowest BCUT2D eigenvalue weighted by Crippen LogP contribution is -2.23. The van der Waals surface area contributed by atoms with Gasteiger partial charge in [-0.05, 0) is 23.6 Å². The van der Waals surface area contributed by atoms with E-state index in [2.05, 4.69) is 4.90 Å². The molecule has 1 atom stereocenters. The van der Waals surface area contributed by atoms with E-state index in [0.29, 0.717) is 6.54 Å². The lowest BCUT2D eigenvalue weighted by molar-refractivity contribution is 0.189. The predicted octanol–water partition coefficient (Wildman–Crippen LogP) is 2.92. The molecule has 1 heterocycles. The highest BCUT2D eigenvalue weighted by molar-refractivity contribution is 7.10. The van der Waals surface area contributed by atoms with Crippen molar-refractivity contribution in [2.45, 2.75) is 6.10 Å². The summed E-state index contributed by atoms with van der Waals surface area (Å²) >= 11 is 1.59. The lowest BCUT2D eigenvalue weighted by Gasteiger charge is -2.22. The summed E-state index contributed by atoms with van der Waals surface area (Å²) in [5, 5.41) is 12.0. The van der Waals surface area contributed by atoms with Gasteiger partial charge in [-0.25, -0.2) is 0 Å². The van der Waals surface area contributed by atoms with Gasteiger partial charge in [0.15, 0.2) is 0 Å². The summed E-state index contributed by atoms with van der Waals surface area (Å²) in [6.45, 7) is 0.616. The molecule has 0 aliphatic rings. The Labute approximate surface area is 99.8 Å². The van der Waals surface area contributed by atoms with Gasteiger partial charge in [-0.15, -0.1) is 11.3 Å². The van der Waals surface area contributed by atoms with E-state index >= 15 is 0 Å². The van der Waals surface area contributed by atoms with Gasteiger partial charge < -0.3 is 10.0 Å². The Morgan fingerprint density at radius 2 is 1.94 bits per heavy atom. The van der Waals surface area contributed by atoms with Crippen molar-refractivity contribution < 1.29 is 5.11 Å². The van der Waals surface area contributed by atoms with Crippen molar-refractivity contribution >= 4 is 17.0 Å². The maximum Gasteiger partial charge on any atom is 0.106 e. The zero-order valence-corrected chi connectivity index (χ0v) is 10.0. The molecule has 0 fully saturated rings. The second-order valence-corrected chi connectivity index (χ2v) is 4.73. The van der Waals surface area contributed by atoms with Crippen molar-refractivity contribution in [1.29, 1.82) is 0 Å². The lowest BCUT2D eigenvalue weighted by atomic mass is 10.2. The van der Waals surface area contributed by atoms with Crippen LogP contribution < -0.4 is 4.90 Å². The number of aliphatic hydroxyl groups excluding tert-OH is 1. The molecule has 2 nitrogen and oxygen atoms in total. The van der Waals surface area contributed by atoms with E-state index in [-0.39, 0.29) is 0 Å². The Bertz CT molecular complexity index is 413. The quantitative estimate of drug-likeness (QED) is 0.877. The molecule has 0 spiro atoms. The van der Waals surface area contributed by atoms with Crippen LogP contribution in [0.15, 0.2) is 47.8 Å². The minimum absolute atomic E-state index is 0.412. The zero-order valence-electron chi connectivity index (χ0n) is 9.21. The molecule has 0 saturated heterocycles. The molecule has 1 unspecified atom stereocenters. The van der Waals surface area contributed by atoms with E-state index < -0.39 is 6.10 Å². The van der Waals surface area contributed by atoms with E-state index in [1.807, 2.05) is 54.9 Å². The molecule has 16 heavy (non-hydrogen) atoms. The van der Waals surface area contributed by atoms with Crippen molar-refractivity contribution in [3.05, 3.63) is 52.7 Å². The second kappa shape index (κ2) is 5.14. The molecule has 0 radical (unpaired) electrons. The number of thiophene rings is 1. The predicted molar refractivity (Wildman–Crippen MR) is 69.0 cm³/mol. The summed E-state index contributed by atoms with van der Waals surface area (Å²) < 4.78 is 0. The standard InChI is InChI=1S/C13H15NOS/c1-14(11-6-3-2-4-7-11)10-12(15)13-8-5-9-16-13/h2-9,12,15H,10H2,1H3. The number of para-hydroxylation sites is 1. The number of hydrogen-bond donors (Lipinski definition) is 1. The van der Waals surface area contributed by atoms with Crippen LogP contribution in [0.3, 0.4) is 0 Å². The molecule has 84 valence electrons. The van der Waals surface area contributed by atoms with Gasteiger partial charge >= 0.3 is 0 Å². The van der Waals surface area contributed by atoms with E-state index in [4.69, 9.17) is 0 Å². The van der Waals surface area contributed by atoms with Crippen LogP contribution in [-0.4, -0.2) is 18.7 Å². The van der Waals surface area contributed by atoms with Crippen LogP contribution in [0, 0.1) is 0 Å². The highest BCUT2D eigenvalue weighted by atomic mass is 32.1. The second-order valence-electron chi connectivity index (χ2n) is 3.75. The van der Waals surface area contributed by atoms with Crippen LogP contribution in [0.4, 0.5) is 5.69 Å². The van der Waals surface area contributed by atoms with Crippen LogP contribution >= 0.6 is 11.3 Å². The van der Waals surface area contributed by atoms with Crippen molar-refractivity contribution in [2.75, 3.05) is 18.5 Å². The van der Waals surface area contributed by atoms with Crippen LogP contribution in [0.25, 0.3) is 0 Å². The summed E-state index contributed by atoms with van der Waals surface area (Å²) in [6.07, 6.45) is -0.412. The van der Waals surface area contributed by atoms with Crippen LogP contribution in [0.5, 0.6) is 0 Å². The topological polar surface area (TPSA) is 23.5 Å². The smallest absolute Gasteiger partial charge is 0.106 e. The van der Waals surface area contributed by atoms with Crippen molar-refractivity contribution in [1.82, 2.24) is 0 Å². The Hall–Kier alpha value is -1.32. The molecule has 3 heteroatoms. The number of rotatable bonds is 4. The Kier molecular flexibility index (Phi) is 3.59. The fraction of sp³-hybridized carbons (Fsp3) is 0.231. The van der Waals surface area contributed by atoms with E-state index in [1.54, 1.807) is 11.3 Å². The summed E-state index contributed by atoms with van der Waals surface area (Å²) in [7, 11) is 1.99. The first-order valence-corrected chi connectivity index (χ1v) is 6.13. The molecule has 0 saturated carbocycles. The summed E-state index contributed by atoms with van der Waals surface area (Å²) in [5.41, 5.74) is 1.12. The normalized spacial score (nSPS) is 12.4. The molecule has 0 bridgehead atoms. The molecule has 0 aliphatic heterocycles. The van der Waals surface area contributed by atoms with Gasteiger partial charge in [0.1, 0.15) is 6.10 Å². The first-order chi connectivity index (χ1) is 7.77. The molecule has 0 aliphatic carbocycles. The first-order valence-electron chi connectivity index (χ1n) is 5.25. The third-order valence-electron chi connectivity index (χ3n) is 2.52. The van der Waals surface area contributed by atoms with Gasteiger partial charge in [0.2, 0.25) is 0 Å². The summed E-state index contributed by atoms with van der Waals surface area (Å²) in [5.74, 6) is 0. The molecule has 0 amide bonds. The van der Waals surface area contributed by atoms with Crippen LogP contribution in [0.2, 0.25) is 0 Å².